The maximum absolute atomic E-state index is 12.2. The molecule has 2 aromatic rings. The first kappa shape index (κ1) is 18.9. The van der Waals surface area contributed by atoms with Gasteiger partial charge in [0.15, 0.2) is 0 Å². The average molecular weight is 359 g/mol. The van der Waals surface area contributed by atoms with Gasteiger partial charge in [-0.05, 0) is 43.0 Å². The number of carbonyl (C=O) groups excluding carboxylic acids is 2. The van der Waals surface area contributed by atoms with E-state index in [-0.39, 0.29) is 19.1 Å². The van der Waals surface area contributed by atoms with Gasteiger partial charge < -0.3 is 14.8 Å². The fourth-order valence-electron chi connectivity index (χ4n) is 2.12. The number of hydrogen-bond donors (Lipinski definition) is 1. The van der Waals surface area contributed by atoms with E-state index in [1.54, 1.807) is 36.0 Å². The molecule has 0 aliphatic carbocycles. The lowest BCUT2D eigenvalue weighted by atomic mass is 10.2. The van der Waals surface area contributed by atoms with Gasteiger partial charge in [-0.25, -0.2) is 0 Å². The molecule has 132 valence electrons. The van der Waals surface area contributed by atoms with Crippen molar-refractivity contribution in [2.45, 2.75) is 18.4 Å². The predicted molar refractivity (Wildman–Crippen MR) is 98.0 cm³/mol. The van der Waals surface area contributed by atoms with Crippen molar-refractivity contribution in [3.63, 3.8) is 0 Å². The van der Waals surface area contributed by atoms with Crippen molar-refractivity contribution in [1.29, 1.82) is 0 Å². The first-order chi connectivity index (χ1) is 12.1. The summed E-state index contributed by atoms with van der Waals surface area (Å²) < 4.78 is 10.6. The summed E-state index contributed by atoms with van der Waals surface area (Å²) in [5.41, 5.74) is 1.30. The van der Waals surface area contributed by atoms with Crippen molar-refractivity contribution in [3.05, 3.63) is 59.7 Å². The van der Waals surface area contributed by atoms with Crippen LogP contribution in [0.3, 0.4) is 0 Å². The van der Waals surface area contributed by atoms with Gasteiger partial charge >= 0.3 is 5.97 Å². The van der Waals surface area contributed by atoms with Crippen molar-refractivity contribution < 1.29 is 19.1 Å². The molecule has 0 fully saturated rings. The molecule has 0 heterocycles. The standard InChI is InChI=1S/C19H21NO4S/c1-3-23-17-7-5-4-6-16(17)19(22)20-12-18(21)24-13-14-8-10-15(25-2)11-9-14/h4-11H,3,12-13H2,1-2H3,(H,20,22). The molecule has 2 aromatic carbocycles. The predicted octanol–water partition coefficient (Wildman–Crippen LogP) is 3.28. The van der Waals surface area contributed by atoms with Crippen LogP contribution in [-0.2, 0) is 16.1 Å². The summed E-state index contributed by atoms with van der Waals surface area (Å²) in [4.78, 5) is 25.2. The highest BCUT2D eigenvalue weighted by atomic mass is 32.2. The largest absolute Gasteiger partial charge is 0.493 e. The van der Waals surface area contributed by atoms with Gasteiger partial charge in [0.05, 0.1) is 12.2 Å². The first-order valence-electron chi connectivity index (χ1n) is 7.92. The van der Waals surface area contributed by atoms with E-state index in [0.29, 0.717) is 17.9 Å². The summed E-state index contributed by atoms with van der Waals surface area (Å²) in [7, 11) is 0. The molecule has 25 heavy (non-hydrogen) atoms. The van der Waals surface area contributed by atoms with Crippen LogP contribution in [0.1, 0.15) is 22.8 Å². The summed E-state index contributed by atoms with van der Waals surface area (Å²) >= 11 is 1.65. The zero-order valence-corrected chi connectivity index (χ0v) is 15.1. The Bertz CT molecular complexity index is 716. The number of carbonyl (C=O) groups is 2. The molecule has 1 N–H and O–H groups in total. The highest BCUT2D eigenvalue weighted by Gasteiger charge is 2.13. The molecular formula is C19H21NO4S. The van der Waals surface area contributed by atoms with E-state index in [4.69, 9.17) is 9.47 Å². The topological polar surface area (TPSA) is 64.6 Å². The SMILES string of the molecule is CCOc1ccccc1C(=O)NCC(=O)OCc1ccc(SC)cc1. The Hall–Kier alpha value is -2.47. The minimum atomic E-state index is -0.490. The second kappa shape index (κ2) is 9.74. The van der Waals surface area contributed by atoms with Crippen molar-refractivity contribution in [3.8, 4) is 5.75 Å². The number of rotatable bonds is 8. The van der Waals surface area contributed by atoms with Crippen molar-refractivity contribution in [1.82, 2.24) is 5.32 Å². The zero-order chi connectivity index (χ0) is 18.1. The molecule has 0 atom stereocenters. The number of para-hydroxylation sites is 1. The van der Waals surface area contributed by atoms with Crippen LogP contribution in [0.2, 0.25) is 0 Å². The normalized spacial score (nSPS) is 10.2. The third-order valence-corrected chi connectivity index (χ3v) is 4.13. The van der Waals surface area contributed by atoms with E-state index in [9.17, 15) is 9.59 Å². The average Bonchev–Trinajstić information content (AvgIpc) is 2.65. The van der Waals surface area contributed by atoms with Crippen LogP contribution in [0.4, 0.5) is 0 Å². The van der Waals surface area contributed by atoms with E-state index >= 15 is 0 Å². The smallest absolute Gasteiger partial charge is 0.325 e. The summed E-state index contributed by atoms with van der Waals surface area (Å²) in [5.74, 6) is -0.369. The number of thioether (sulfide) groups is 1. The van der Waals surface area contributed by atoms with Crippen LogP contribution in [-0.4, -0.2) is 31.3 Å². The Balaban J connectivity index is 1.82. The molecule has 0 radical (unpaired) electrons. The van der Waals surface area contributed by atoms with Crippen LogP contribution in [0.25, 0.3) is 0 Å². The van der Waals surface area contributed by atoms with Gasteiger partial charge in [0.1, 0.15) is 18.9 Å². The third kappa shape index (κ3) is 5.83. The summed E-state index contributed by atoms with van der Waals surface area (Å²) in [6, 6.07) is 14.7. The molecule has 1 amide bonds. The molecule has 0 unspecified atom stereocenters. The molecule has 0 aliphatic rings. The molecule has 2 rings (SSSR count). The summed E-state index contributed by atoms with van der Waals surface area (Å²) in [6.45, 7) is 2.29. The van der Waals surface area contributed by atoms with Gasteiger partial charge in [-0.1, -0.05) is 24.3 Å². The van der Waals surface area contributed by atoms with E-state index in [0.717, 1.165) is 10.5 Å². The zero-order valence-electron chi connectivity index (χ0n) is 14.3. The van der Waals surface area contributed by atoms with Gasteiger partial charge in [-0.3, -0.25) is 9.59 Å². The summed E-state index contributed by atoms with van der Waals surface area (Å²) in [5, 5.41) is 2.56. The van der Waals surface area contributed by atoms with E-state index in [1.807, 2.05) is 37.4 Å². The maximum atomic E-state index is 12.2. The van der Waals surface area contributed by atoms with Gasteiger partial charge in [-0.15, -0.1) is 11.8 Å². The molecule has 5 nitrogen and oxygen atoms in total. The van der Waals surface area contributed by atoms with Crippen molar-refractivity contribution in [2.75, 3.05) is 19.4 Å². The lowest BCUT2D eigenvalue weighted by molar-refractivity contribution is -0.143. The van der Waals surface area contributed by atoms with Crippen LogP contribution in [0, 0.1) is 0 Å². The fraction of sp³-hybridized carbons (Fsp3) is 0.263. The number of ether oxygens (including phenoxy) is 2. The van der Waals surface area contributed by atoms with Gasteiger partial charge in [0.2, 0.25) is 0 Å². The van der Waals surface area contributed by atoms with E-state index in [2.05, 4.69) is 5.32 Å². The molecule has 6 heteroatoms. The summed E-state index contributed by atoms with van der Waals surface area (Å²) in [6.07, 6.45) is 2.00. The second-order valence-electron chi connectivity index (χ2n) is 5.12. The quantitative estimate of drug-likeness (QED) is 0.579. The lowest BCUT2D eigenvalue weighted by Crippen LogP contribution is -2.30. The number of amides is 1. The van der Waals surface area contributed by atoms with Crippen LogP contribution >= 0.6 is 11.8 Å². The monoisotopic (exact) mass is 359 g/mol. The van der Waals surface area contributed by atoms with Crippen LogP contribution in [0.5, 0.6) is 5.75 Å². The van der Waals surface area contributed by atoms with Gasteiger partial charge in [-0.2, -0.15) is 0 Å². The minimum absolute atomic E-state index is 0.179. The van der Waals surface area contributed by atoms with E-state index < -0.39 is 5.97 Å². The number of benzene rings is 2. The molecule has 0 saturated carbocycles. The number of hydrogen-bond acceptors (Lipinski definition) is 5. The highest BCUT2D eigenvalue weighted by molar-refractivity contribution is 7.98. The molecule has 0 aromatic heterocycles. The number of nitrogens with one attached hydrogen (secondary N) is 1. The maximum Gasteiger partial charge on any atom is 0.325 e. The van der Waals surface area contributed by atoms with E-state index in [1.165, 1.54) is 0 Å². The highest BCUT2D eigenvalue weighted by Crippen LogP contribution is 2.17. The van der Waals surface area contributed by atoms with Crippen molar-refractivity contribution in [2.24, 2.45) is 0 Å². The molecule has 0 saturated heterocycles. The Morgan fingerprint density at radius 1 is 1.08 bits per heavy atom. The molecule has 0 spiro atoms. The second-order valence-corrected chi connectivity index (χ2v) is 6.00. The van der Waals surface area contributed by atoms with Crippen LogP contribution < -0.4 is 10.1 Å². The first-order valence-corrected chi connectivity index (χ1v) is 9.15. The van der Waals surface area contributed by atoms with Crippen molar-refractivity contribution >= 4 is 23.6 Å². The third-order valence-electron chi connectivity index (χ3n) is 3.38. The fourth-order valence-corrected chi connectivity index (χ4v) is 2.53. The Morgan fingerprint density at radius 3 is 2.48 bits per heavy atom. The van der Waals surface area contributed by atoms with Crippen LogP contribution in [0.15, 0.2) is 53.4 Å². The van der Waals surface area contributed by atoms with Gasteiger partial charge in [0, 0.05) is 4.90 Å². The Labute approximate surface area is 151 Å². The molecular weight excluding hydrogens is 338 g/mol. The van der Waals surface area contributed by atoms with Gasteiger partial charge in [0.25, 0.3) is 5.91 Å². The Morgan fingerprint density at radius 2 is 1.80 bits per heavy atom. The lowest BCUT2D eigenvalue weighted by Gasteiger charge is -2.10. The number of esters is 1. The molecule has 0 bridgehead atoms. The minimum Gasteiger partial charge on any atom is -0.493 e. The Kier molecular flexibility index (Phi) is 7.35. The molecule has 0 aliphatic heterocycles.